The zero-order valence-electron chi connectivity index (χ0n) is 10.1. The summed E-state index contributed by atoms with van der Waals surface area (Å²) in [6, 6.07) is 0. The number of ether oxygens (including phenoxy) is 1. The molecule has 4 heteroatoms. The van der Waals surface area contributed by atoms with Gasteiger partial charge in [-0.1, -0.05) is 13.3 Å². The number of hydrogen-bond donors (Lipinski definition) is 2. The van der Waals surface area contributed by atoms with Crippen LogP contribution in [0.1, 0.15) is 32.6 Å². The van der Waals surface area contributed by atoms with E-state index in [9.17, 15) is 4.79 Å². The molecular formula is C12H23NO3. The van der Waals surface area contributed by atoms with Crippen molar-refractivity contribution in [1.82, 2.24) is 5.32 Å². The molecule has 1 rings (SSSR count). The van der Waals surface area contributed by atoms with Crippen molar-refractivity contribution in [2.45, 2.75) is 32.6 Å². The summed E-state index contributed by atoms with van der Waals surface area (Å²) in [5.41, 5.74) is 0. The summed E-state index contributed by atoms with van der Waals surface area (Å²) < 4.78 is 5.34. The maximum Gasteiger partial charge on any atom is 0.306 e. The molecule has 4 nitrogen and oxygen atoms in total. The van der Waals surface area contributed by atoms with Crippen molar-refractivity contribution >= 4 is 5.97 Å². The van der Waals surface area contributed by atoms with Crippen molar-refractivity contribution in [2.24, 2.45) is 11.8 Å². The molecule has 94 valence electrons. The lowest BCUT2D eigenvalue weighted by atomic mass is 9.96. The van der Waals surface area contributed by atoms with Crippen LogP contribution < -0.4 is 5.32 Å². The molecule has 0 aromatic rings. The molecule has 1 fully saturated rings. The van der Waals surface area contributed by atoms with Crippen LogP contribution in [0.5, 0.6) is 0 Å². The highest BCUT2D eigenvalue weighted by atomic mass is 16.5. The largest absolute Gasteiger partial charge is 0.481 e. The second-order valence-corrected chi connectivity index (χ2v) is 4.45. The number of carboxylic acids is 1. The summed E-state index contributed by atoms with van der Waals surface area (Å²) in [6.07, 6.45) is 3.98. The smallest absolute Gasteiger partial charge is 0.306 e. The molecule has 0 radical (unpaired) electrons. The molecule has 0 bridgehead atoms. The van der Waals surface area contributed by atoms with Crippen molar-refractivity contribution in [3.63, 3.8) is 0 Å². The van der Waals surface area contributed by atoms with Gasteiger partial charge >= 0.3 is 5.97 Å². The highest BCUT2D eigenvalue weighted by Crippen LogP contribution is 2.31. The Hall–Kier alpha value is -0.610. The Kier molecular flexibility index (Phi) is 6.42. The first-order chi connectivity index (χ1) is 7.75. The average molecular weight is 229 g/mol. The van der Waals surface area contributed by atoms with Crippen LogP contribution in [-0.2, 0) is 9.53 Å². The van der Waals surface area contributed by atoms with Crippen LogP contribution in [-0.4, -0.2) is 37.4 Å². The second kappa shape index (κ2) is 7.63. The zero-order valence-corrected chi connectivity index (χ0v) is 10.1. The van der Waals surface area contributed by atoms with Gasteiger partial charge in [-0.25, -0.2) is 0 Å². The molecule has 2 unspecified atom stereocenters. The summed E-state index contributed by atoms with van der Waals surface area (Å²) in [5, 5.41) is 12.3. The van der Waals surface area contributed by atoms with E-state index >= 15 is 0 Å². The van der Waals surface area contributed by atoms with Crippen molar-refractivity contribution < 1.29 is 14.6 Å². The van der Waals surface area contributed by atoms with Crippen LogP contribution in [0, 0.1) is 11.8 Å². The summed E-state index contributed by atoms with van der Waals surface area (Å²) in [6.45, 7) is 5.25. The lowest BCUT2D eigenvalue weighted by molar-refractivity contribution is -0.142. The van der Waals surface area contributed by atoms with Gasteiger partial charge in [-0.15, -0.1) is 0 Å². The molecule has 0 aliphatic heterocycles. The quantitative estimate of drug-likeness (QED) is 0.619. The highest BCUT2D eigenvalue weighted by Gasteiger charge is 2.32. The Labute approximate surface area is 97.4 Å². The molecule has 1 aliphatic rings. The lowest BCUT2D eigenvalue weighted by Gasteiger charge is -2.16. The molecule has 0 amide bonds. The van der Waals surface area contributed by atoms with Crippen LogP contribution in [0.2, 0.25) is 0 Å². The normalized spacial score (nSPS) is 24.8. The van der Waals surface area contributed by atoms with E-state index in [0.29, 0.717) is 5.92 Å². The van der Waals surface area contributed by atoms with Crippen LogP contribution >= 0.6 is 0 Å². The highest BCUT2D eigenvalue weighted by molar-refractivity contribution is 5.70. The first kappa shape index (κ1) is 13.5. The van der Waals surface area contributed by atoms with E-state index in [1.807, 2.05) is 0 Å². The molecular weight excluding hydrogens is 206 g/mol. The molecule has 0 aromatic carbocycles. The van der Waals surface area contributed by atoms with Gasteiger partial charge in [-0.3, -0.25) is 4.79 Å². The number of hydrogen-bond acceptors (Lipinski definition) is 3. The van der Waals surface area contributed by atoms with Crippen LogP contribution in [0.3, 0.4) is 0 Å². The van der Waals surface area contributed by atoms with Crippen molar-refractivity contribution in [3.8, 4) is 0 Å². The third-order valence-electron chi connectivity index (χ3n) is 3.15. The summed E-state index contributed by atoms with van der Waals surface area (Å²) in [7, 11) is 0. The lowest BCUT2D eigenvalue weighted by Crippen LogP contribution is -2.31. The molecule has 0 saturated heterocycles. The van der Waals surface area contributed by atoms with Gasteiger partial charge in [0.1, 0.15) is 0 Å². The SMILES string of the molecule is CCCOCCNCC1CCCC1C(=O)O. The van der Waals surface area contributed by atoms with E-state index in [2.05, 4.69) is 12.2 Å². The maximum absolute atomic E-state index is 10.9. The number of rotatable bonds is 8. The van der Waals surface area contributed by atoms with E-state index in [1.165, 1.54) is 0 Å². The molecule has 0 aromatic heterocycles. The Morgan fingerprint density at radius 2 is 2.25 bits per heavy atom. The first-order valence-electron chi connectivity index (χ1n) is 6.27. The van der Waals surface area contributed by atoms with Crippen LogP contribution in [0.15, 0.2) is 0 Å². The van der Waals surface area contributed by atoms with Crippen molar-refractivity contribution in [2.75, 3.05) is 26.3 Å². The minimum atomic E-state index is -0.633. The van der Waals surface area contributed by atoms with Gasteiger partial charge in [-0.05, 0) is 31.7 Å². The molecule has 16 heavy (non-hydrogen) atoms. The molecule has 1 saturated carbocycles. The maximum atomic E-state index is 10.9. The van der Waals surface area contributed by atoms with E-state index in [4.69, 9.17) is 9.84 Å². The Morgan fingerprint density at radius 3 is 2.94 bits per heavy atom. The minimum absolute atomic E-state index is 0.135. The fourth-order valence-electron chi connectivity index (χ4n) is 2.28. The second-order valence-electron chi connectivity index (χ2n) is 4.45. The van der Waals surface area contributed by atoms with Gasteiger partial charge < -0.3 is 15.2 Å². The van der Waals surface area contributed by atoms with E-state index in [1.54, 1.807) is 0 Å². The fraction of sp³-hybridized carbons (Fsp3) is 0.917. The number of carbonyl (C=O) groups is 1. The number of nitrogens with one attached hydrogen (secondary N) is 1. The van der Waals surface area contributed by atoms with E-state index in [-0.39, 0.29) is 5.92 Å². The van der Waals surface area contributed by atoms with E-state index in [0.717, 1.165) is 52.0 Å². The molecule has 2 atom stereocenters. The average Bonchev–Trinajstić information content (AvgIpc) is 2.71. The fourth-order valence-corrected chi connectivity index (χ4v) is 2.28. The van der Waals surface area contributed by atoms with Crippen molar-refractivity contribution in [3.05, 3.63) is 0 Å². The predicted molar refractivity (Wildman–Crippen MR) is 62.4 cm³/mol. The third kappa shape index (κ3) is 4.49. The summed E-state index contributed by atoms with van der Waals surface area (Å²) in [4.78, 5) is 10.9. The van der Waals surface area contributed by atoms with Gasteiger partial charge in [-0.2, -0.15) is 0 Å². The Bertz CT molecular complexity index is 208. The standard InChI is InChI=1S/C12H23NO3/c1-2-7-16-8-6-13-9-10-4-3-5-11(10)12(14)15/h10-11,13H,2-9H2,1H3,(H,14,15). The minimum Gasteiger partial charge on any atom is -0.481 e. The van der Waals surface area contributed by atoms with Crippen LogP contribution in [0.25, 0.3) is 0 Å². The van der Waals surface area contributed by atoms with E-state index < -0.39 is 5.97 Å². The monoisotopic (exact) mass is 229 g/mol. The summed E-state index contributed by atoms with van der Waals surface area (Å²) in [5.74, 6) is -0.459. The van der Waals surface area contributed by atoms with Gasteiger partial charge in [0.2, 0.25) is 0 Å². The molecule has 2 N–H and O–H groups in total. The zero-order chi connectivity index (χ0) is 11.8. The topological polar surface area (TPSA) is 58.6 Å². The van der Waals surface area contributed by atoms with Crippen molar-refractivity contribution in [1.29, 1.82) is 0 Å². The van der Waals surface area contributed by atoms with Gasteiger partial charge in [0.05, 0.1) is 12.5 Å². The predicted octanol–water partition coefficient (Wildman–Crippen LogP) is 1.50. The van der Waals surface area contributed by atoms with Crippen LogP contribution in [0.4, 0.5) is 0 Å². The Morgan fingerprint density at radius 1 is 1.44 bits per heavy atom. The van der Waals surface area contributed by atoms with Gasteiger partial charge in [0.15, 0.2) is 0 Å². The molecule has 1 aliphatic carbocycles. The van der Waals surface area contributed by atoms with Gasteiger partial charge in [0.25, 0.3) is 0 Å². The molecule has 0 heterocycles. The number of aliphatic carboxylic acids is 1. The Balaban J connectivity index is 2.05. The summed E-state index contributed by atoms with van der Waals surface area (Å²) >= 11 is 0. The number of carboxylic acid groups (broad SMARTS) is 1. The first-order valence-corrected chi connectivity index (χ1v) is 6.27. The van der Waals surface area contributed by atoms with Gasteiger partial charge in [0, 0.05) is 13.2 Å². The third-order valence-corrected chi connectivity index (χ3v) is 3.15. The molecule has 0 spiro atoms.